The Bertz CT molecular complexity index is 497. The van der Waals surface area contributed by atoms with E-state index in [0.717, 1.165) is 25.3 Å². The summed E-state index contributed by atoms with van der Waals surface area (Å²) in [5, 5.41) is 1.26. The first-order chi connectivity index (χ1) is 8.33. The molecule has 0 bridgehead atoms. The Balaban J connectivity index is 1.76. The number of fused-ring (bicyclic) bond motifs is 1. The number of piperazine rings is 1. The third-order valence-corrected chi connectivity index (χ3v) is 3.53. The van der Waals surface area contributed by atoms with Crippen LogP contribution in [0.15, 0.2) is 24.5 Å². The quantitative estimate of drug-likeness (QED) is 0.845. The predicted octanol–water partition coefficient (Wildman–Crippen LogP) is 1.31. The maximum absolute atomic E-state index is 4.32. The molecule has 0 aromatic carbocycles. The second kappa shape index (κ2) is 4.47. The summed E-state index contributed by atoms with van der Waals surface area (Å²) < 4.78 is 0. The molecule has 1 aliphatic rings. The summed E-state index contributed by atoms with van der Waals surface area (Å²) in [6.07, 6.45) is 3.93. The molecule has 1 saturated heterocycles. The molecular weight excluding hydrogens is 212 g/mol. The highest BCUT2D eigenvalue weighted by Gasteiger charge is 2.15. The number of nitrogens with zero attached hydrogens (tertiary/aromatic N) is 3. The highest BCUT2D eigenvalue weighted by molar-refractivity contribution is 5.79. The first-order valence-corrected chi connectivity index (χ1v) is 6.15. The number of hydrogen-bond acceptors (Lipinski definition) is 3. The summed E-state index contributed by atoms with van der Waals surface area (Å²) in [5.74, 6) is 0. The molecule has 4 nitrogen and oxygen atoms in total. The molecule has 0 atom stereocenters. The van der Waals surface area contributed by atoms with Gasteiger partial charge in [0, 0.05) is 50.5 Å². The zero-order valence-electron chi connectivity index (χ0n) is 10.2. The van der Waals surface area contributed by atoms with E-state index >= 15 is 0 Å². The van der Waals surface area contributed by atoms with E-state index in [0.29, 0.717) is 0 Å². The minimum Gasteiger partial charge on any atom is -0.346 e. The van der Waals surface area contributed by atoms with E-state index in [1.54, 1.807) is 0 Å². The van der Waals surface area contributed by atoms with Crippen LogP contribution in [-0.2, 0) is 6.54 Å². The van der Waals surface area contributed by atoms with E-state index in [2.05, 4.69) is 39.1 Å². The van der Waals surface area contributed by atoms with Crippen LogP contribution in [0.3, 0.4) is 0 Å². The summed E-state index contributed by atoms with van der Waals surface area (Å²) in [6, 6.07) is 4.15. The van der Waals surface area contributed by atoms with Crippen LogP contribution in [0.25, 0.3) is 11.0 Å². The Labute approximate surface area is 101 Å². The van der Waals surface area contributed by atoms with Crippen molar-refractivity contribution in [3.8, 4) is 0 Å². The average molecular weight is 230 g/mol. The fourth-order valence-electron chi connectivity index (χ4n) is 2.39. The van der Waals surface area contributed by atoms with E-state index in [-0.39, 0.29) is 0 Å². The molecule has 0 radical (unpaired) electrons. The summed E-state index contributed by atoms with van der Waals surface area (Å²) >= 11 is 0. The molecule has 0 spiro atoms. The van der Waals surface area contributed by atoms with Crippen molar-refractivity contribution in [3.63, 3.8) is 0 Å². The topological polar surface area (TPSA) is 35.2 Å². The van der Waals surface area contributed by atoms with Crippen LogP contribution >= 0.6 is 0 Å². The Kier molecular flexibility index (Phi) is 2.82. The lowest BCUT2D eigenvalue weighted by atomic mass is 10.2. The van der Waals surface area contributed by atoms with Crippen molar-refractivity contribution in [2.24, 2.45) is 0 Å². The Morgan fingerprint density at radius 3 is 2.94 bits per heavy atom. The van der Waals surface area contributed by atoms with Gasteiger partial charge < -0.3 is 9.88 Å². The van der Waals surface area contributed by atoms with E-state index < -0.39 is 0 Å². The molecule has 3 heterocycles. The highest BCUT2D eigenvalue weighted by Crippen LogP contribution is 2.18. The van der Waals surface area contributed by atoms with Crippen molar-refractivity contribution < 1.29 is 0 Å². The normalized spacial score (nSPS) is 18.9. The van der Waals surface area contributed by atoms with Crippen molar-refractivity contribution in [1.82, 2.24) is 19.8 Å². The molecule has 0 unspecified atom stereocenters. The Morgan fingerprint density at radius 1 is 1.29 bits per heavy atom. The molecule has 1 fully saturated rings. The third-order valence-electron chi connectivity index (χ3n) is 3.53. The molecular formula is C13H18N4. The maximum atomic E-state index is 4.32. The fourth-order valence-corrected chi connectivity index (χ4v) is 2.39. The molecule has 1 N–H and O–H groups in total. The first kappa shape index (κ1) is 10.7. The van der Waals surface area contributed by atoms with Crippen LogP contribution in [0, 0.1) is 0 Å². The van der Waals surface area contributed by atoms with Crippen molar-refractivity contribution in [1.29, 1.82) is 0 Å². The van der Waals surface area contributed by atoms with Gasteiger partial charge in [0.05, 0.1) is 0 Å². The van der Waals surface area contributed by atoms with Crippen LogP contribution < -0.4 is 0 Å². The average Bonchev–Trinajstić information content (AvgIpc) is 2.76. The van der Waals surface area contributed by atoms with E-state index in [1.165, 1.54) is 24.0 Å². The van der Waals surface area contributed by atoms with Gasteiger partial charge in [-0.15, -0.1) is 0 Å². The van der Waals surface area contributed by atoms with Gasteiger partial charge in [-0.05, 0) is 24.7 Å². The molecule has 2 aromatic rings. The van der Waals surface area contributed by atoms with Crippen molar-refractivity contribution in [2.75, 3.05) is 33.2 Å². The number of rotatable bonds is 2. The van der Waals surface area contributed by atoms with Gasteiger partial charge in [-0.3, -0.25) is 4.90 Å². The standard InChI is InChI=1S/C13H18N4/c1-16-5-7-17(8-6-16)10-11-9-15-13-12(11)3-2-4-14-13/h2-4,9H,5-8,10H2,1H3,(H,14,15). The first-order valence-electron chi connectivity index (χ1n) is 6.15. The summed E-state index contributed by atoms with van der Waals surface area (Å²) in [6.45, 7) is 5.67. The minimum absolute atomic E-state index is 0.997. The summed E-state index contributed by atoms with van der Waals surface area (Å²) in [5.41, 5.74) is 2.36. The van der Waals surface area contributed by atoms with Gasteiger partial charge >= 0.3 is 0 Å². The van der Waals surface area contributed by atoms with Gasteiger partial charge in [0.1, 0.15) is 5.65 Å². The van der Waals surface area contributed by atoms with Gasteiger partial charge in [-0.25, -0.2) is 4.98 Å². The molecule has 0 saturated carbocycles. The number of aromatic amines is 1. The largest absolute Gasteiger partial charge is 0.346 e. The van der Waals surface area contributed by atoms with Crippen LogP contribution in [0.5, 0.6) is 0 Å². The molecule has 2 aromatic heterocycles. The molecule has 3 rings (SSSR count). The predicted molar refractivity (Wildman–Crippen MR) is 68.9 cm³/mol. The molecule has 1 aliphatic heterocycles. The number of nitrogens with one attached hydrogen (secondary N) is 1. The summed E-state index contributed by atoms with van der Waals surface area (Å²) in [4.78, 5) is 12.5. The van der Waals surface area contributed by atoms with Gasteiger partial charge in [0.15, 0.2) is 0 Å². The van der Waals surface area contributed by atoms with Crippen molar-refractivity contribution in [2.45, 2.75) is 6.54 Å². The van der Waals surface area contributed by atoms with Crippen LogP contribution in [0.4, 0.5) is 0 Å². The zero-order chi connectivity index (χ0) is 11.7. The zero-order valence-corrected chi connectivity index (χ0v) is 10.2. The smallest absolute Gasteiger partial charge is 0.137 e. The number of likely N-dealkylation sites (N-methyl/N-ethyl adjacent to an activating group) is 1. The van der Waals surface area contributed by atoms with Crippen molar-refractivity contribution in [3.05, 3.63) is 30.1 Å². The summed E-state index contributed by atoms with van der Waals surface area (Å²) in [7, 11) is 2.19. The highest BCUT2D eigenvalue weighted by atomic mass is 15.2. The van der Waals surface area contributed by atoms with Crippen LogP contribution in [-0.4, -0.2) is 53.0 Å². The Hall–Kier alpha value is -1.39. The van der Waals surface area contributed by atoms with Gasteiger partial charge in [0.2, 0.25) is 0 Å². The monoisotopic (exact) mass is 230 g/mol. The number of H-pyrrole nitrogens is 1. The number of pyridine rings is 1. The Morgan fingerprint density at radius 2 is 2.12 bits per heavy atom. The molecule has 90 valence electrons. The molecule has 17 heavy (non-hydrogen) atoms. The maximum Gasteiger partial charge on any atom is 0.137 e. The van der Waals surface area contributed by atoms with Gasteiger partial charge in [-0.1, -0.05) is 0 Å². The van der Waals surface area contributed by atoms with Crippen LogP contribution in [0.1, 0.15) is 5.56 Å². The second-order valence-corrected chi connectivity index (χ2v) is 4.79. The van der Waals surface area contributed by atoms with E-state index in [1.807, 2.05) is 12.3 Å². The van der Waals surface area contributed by atoms with Gasteiger partial charge in [-0.2, -0.15) is 0 Å². The lowest BCUT2D eigenvalue weighted by molar-refractivity contribution is 0.148. The molecule has 0 aliphatic carbocycles. The second-order valence-electron chi connectivity index (χ2n) is 4.79. The SMILES string of the molecule is CN1CCN(Cc2c[nH]c3ncccc23)CC1. The van der Waals surface area contributed by atoms with E-state index in [4.69, 9.17) is 0 Å². The molecule has 4 heteroatoms. The van der Waals surface area contributed by atoms with E-state index in [9.17, 15) is 0 Å². The number of hydrogen-bond donors (Lipinski definition) is 1. The van der Waals surface area contributed by atoms with Crippen molar-refractivity contribution >= 4 is 11.0 Å². The minimum atomic E-state index is 0.997. The third kappa shape index (κ3) is 2.18. The molecule has 0 amide bonds. The lowest BCUT2D eigenvalue weighted by Crippen LogP contribution is -2.43. The number of aromatic nitrogens is 2. The van der Waals surface area contributed by atoms with Gasteiger partial charge in [0.25, 0.3) is 0 Å². The lowest BCUT2D eigenvalue weighted by Gasteiger charge is -2.32. The van der Waals surface area contributed by atoms with Crippen LogP contribution in [0.2, 0.25) is 0 Å². The fraction of sp³-hybridized carbons (Fsp3) is 0.462.